The first-order chi connectivity index (χ1) is 13.6. The Bertz CT molecular complexity index is 826. The zero-order chi connectivity index (χ0) is 19.9. The van der Waals surface area contributed by atoms with Crippen LogP contribution in [0.25, 0.3) is 0 Å². The van der Waals surface area contributed by atoms with E-state index in [1.54, 1.807) is 23.2 Å². The van der Waals surface area contributed by atoms with Crippen molar-refractivity contribution in [2.24, 2.45) is 0 Å². The van der Waals surface area contributed by atoms with Crippen LogP contribution in [-0.2, 0) is 20.7 Å². The van der Waals surface area contributed by atoms with Crippen LogP contribution in [0.1, 0.15) is 22.3 Å². The van der Waals surface area contributed by atoms with Gasteiger partial charge in [0.25, 0.3) is 5.91 Å². The van der Waals surface area contributed by atoms with E-state index in [1.165, 1.54) is 18.2 Å². The van der Waals surface area contributed by atoms with Gasteiger partial charge in [0, 0.05) is 31.9 Å². The van der Waals surface area contributed by atoms with Crippen molar-refractivity contribution in [1.29, 1.82) is 0 Å². The van der Waals surface area contributed by atoms with E-state index in [4.69, 9.17) is 4.74 Å². The molecule has 1 fully saturated rings. The fourth-order valence-corrected chi connectivity index (χ4v) is 3.30. The zero-order valence-corrected chi connectivity index (χ0v) is 15.8. The first kappa shape index (κ1) is 19.5. The Morgan fingerprint density at radius 1 is 1.11 bits per heavy atom. The van der Waals surface area contributed by atoms with Crippen molar-refractivity contribution in [3.8, 4) is 0 Å². The van der Waals surface area contributed by atoms with Crippen LogP contribution in [0.5, 0.6) is 0 Å². The van der Waals surface area contributed by atoms with Crippen molar-refractivity contribution >= 4 is 17.8 Å². The molecule has 1 aromatic carbocycles. The van der Waals surface area contributed by atoms with Gasteiger partial charge >= 0.3 is 5.97 Å². The van der Waals surface area contributed by atoms with Gasteiger partial charge < -0.3 is 14.5 Å². The molecule has 1 atom stereocenters. The molecule has 0 N–H and O–H groups in total. The molecule has 2 aromatic rings. The van der Waals surface area contributed by atoms with Gasteiger partial charge in [-0.3, -0.25) is 14.6 Å². The standard InChI is InChI=1S/C21H23N3O4/c1-28-21(27)18-15-23(19(25)10-9-16-6-3-2-4-7-16)12-13-24(18)20(26)17-8-5-11-22-14-17/h2-8,11,14,18H,9-10,12-13,15H2,1H3. The minimum absolute atomic E-state index is 0.0359. The van der Waals surface area contributed by atoms with Crippen molar-refractivity contribution < 1.29 is 19.1 Å². The third kappa shape index (κ3) is 4.54. The van der Waals surface area contributed by atoms with Crippen LogP contribution in [0.2, 0.25) is 0 Å². The molecule has 1 unspecified atom stereocenters. The van der Waals surface area contributed by atoms with Gasteiger partial charge in [-0.2, -0.15) is 0 Å². The van der Waals surface area contributed by atoms with Gasteiger partial charge in [-0.1, -0.05) is 30.3 Å². The molecule has 0 saturated carbocycles. The lowest BCUT2D eigenvalue weighted by Gasteiger charge is -2.40. The number of pyridine rings is 1. The van der Waals surface area contributed by atoms with Crippen LogP contribution in [0, 0.1) is 0 Å². The second kappa shape index (κ2) is 9.12. The predicted molar refractivity (Wildman–Crippen MR) is 102 cm³/mol. The average molecular weight is 381 g/mol. The number of carbonyl (C=O) groups is 3. The first-order valence-corrected chi connectivity index (χ1v) is 9.20. The number of hydrogen-bond acceptors (Lipinski definition) is 5. The molecule has 7 nitrogen and oxygen atoms in total. The summed E-state index contributed by atoms with van der Waals surface area (Å²) in [6, 6.07) is 12.3. The minimum atomic E-state index is -0.827. The Balaban J connectivity index is 1.67. The van der Waals surface area contributed by atoms with E-state index in [0.29, 0.717) is 24.9 Å². The van der Waals surface area contributed by atoms with Gasteiger partial charge in [0.1, 0.15) is 6.04 Å². The molecule has 0 spiro atoms. The molecular weight excluding hydrogens is 358 g/mol. The number of aromatic nitrogens is 1. The van der Waals surface area contributed by atoms with E-state index in [-0.39, 0.29) is 24.9 Å². The van der Waals surface area contributed by atoms with Gasteiger partial charge in [0.05, 0.1) is 19.2 Å². The average Bonchev–Trinajstić information content (AvgIpc) is 2.77. The maximum Gasteiger partial charge on any atom is 0.330 e. The van der Waals surface area contributed by atoms with Gasteiger partial charge in [0.2, 0.25) is 5.91 Å². The summed E-state index contributed by atoms with van der Waals surface area (Å²) in [6.45, 7) is 0.782. The molecular formula is C21H23N3O4. The van der Waals surface area contributed by atoms with E-state index in [1.807, 2.05) is 30.3 Å². The number of esters is 1. The quantitative estimate of drug-likeness (QED) is 0.734. The van der Waals surface area contributed by atoms with Gasteiger partial charge in [-0.25, -0.2) is 4.79 Å². The number of amides is 2. The summed E-state index contributed by atoms with van der Waals surface area (Å²) in [4.78, 5) is 44.8. The molecule has 0 bridgehead atoms. The van der Waals surface area contributed by atoms with Crippen molar-refractivity contribution in [2.45, 2.75) is 18.9 Å². The van der Waals surface area contributed by atoms with E-state index < -0.39 is 12.0 Å². The number of rotatable bonds is 5. The maximum atomic E-state index is 12.8. The van der Waals surface area contributed by atoms with E-state index in [0.717, 1.165) is 5.56 Å². The van der Waals surface area contributed by atoms with Crippen molar-refractivity contribution in [1.82, 2.24) is 14.8 Å². The third-order valence-corrected chi connectivity index (χ3v) is 4.85. The van der Waals surface area contributed by atoms with Crippen LogP contribution in [0.15, 0.2) is 54.9 Å². The fourth-order valence-electron chi connectivity index (χ4n) is 3.30. The summed E-state index contributed by atoms with van der Waals surface area (Å²) in [5, 5.41) is 0. The number of carbonyl (C=O) groups excluding carboxylic acids is 3. The number of aryl methyl sites for hydroxylation is 1. The predicted octanol–water partition coefficient (Wildman–Crippen LogP) is 1.54. The van der Waals surface area contributed by atoms with E-state index >= 15 is 0 Å². The lowest BCUT2D eigenvalue weighted by atomic mass is 10.1. The van der Waals surface area contributed by atoms with Crippen LogP contribution >= 0.6 is 0 Å². The lowest BCUT2D eigenvalue weighted by molar-refractivity contribution is -0.150. The highest BCUT2D eigenvalue weighted by atomic mass is 16.5. The highest BCUT2D eigenvalue weighted by Crippen LogP contribution is 2.17. The van der Waals surface area contributed by atoms with Crippen LogP contribution in [0.4, 0.5) is 0 Å². The van der Waals surface area contributed by atoms with Crippen molar-refractivity contribution in [3.05, 3.63) is 66.0 Å². The molecule has 1 aliphatic rings. The minimum Gasteiger partial charge on any atom is -0.467 e. The second-order valence-corrected chi connectivity index (χ2v) is 6.60. The monoisotopic (exact) mass is 381 g/mol. The lowest BCUT2D eigenvalue weighted by Crippen LogP contribution is -2.59. The molecule has 0 radical (unpaired) electrons. The molecule has 28 heavy (non-hydrogen) atoms. The number of piperazine rings is 1. The highest BCUT2D eigenvalue weighted by molar-refractivity contribution is 5.97. The van der Waals surface area contributed by atoms with Gasteiger partial charge in [-0.05, 0) is 24.1 Å². The number of ether oxygens (including phenoxy) is 1. The largest absolute Gasteiger partial charge is 0.467 e. The summed E-state index contributed by atoms with van der Waals surface area (Å²) in [5.74, 6) is -0.857. The fraction of sp³-hybridized carbons (Fsp3) is 0.333. The topological polar surface area (TPSA) is 79.8 Å². The van der Waals surface area contributed by atoms with Gasteiger partial charge in [-0.15, -0.1) is 0 Å². The van der Waals surface area contributed by atoms with Crippen LogP contribution in [0.3, 0.4) is 0 Å². The molecule has 7 heteroatoms. The summed E-state index contributed by atoms with van der Waals surface area (Å²) in [7, 11) is 1.28. The third-order valence-electron chi connectivity index (χ3n) is 4.85. The van der Waals surface area contributed by atoms with Crippen LogP contribution in [-0.4, -0.2) is 65.4 Å². The summed E-state index contributed by atoms with van der Waals surface area (Å²) in [6.07, 6.45) is 4.04. The molecule has 1 aliphatic heterocycles. The summed E-state index contributed by atoms with van der Waals surface area (Å²) in [5.41, 5.74) is 1.49. The number of nitrogens with zero attached hydrogens (tertiary/aromatic N) is 3. The molecule has 146 valence electrons. The molecule has 3 rings (SSSR count). The Kier molecular flexibility index (Phi) is 6.37. The van der Waals surface area contributed by atoms with E-state index in [2.05, 4.69) is 4.98 Å². The zero-order valence-electron chi connectivity index (χ0n) is 15.8. The van der Waals surface area contributed by atoms with E-state index in [9.17, 15) is 14.4 Å². The molecule has 2 heterocycles. The Morgan fingerprint density at radius 2 is 1.89 bits per heavy atom. The summed E-state index contributed by atoms with van der Waals surface area (Å²) < 4.78 is 4.88. The molecule has 2 amide bonds. The SMILES string of the molecule is COC(=O)C1CN(C(=O)CCc2ccccc2)CCN1C(=O)c1cccnc1. The Morgan fingerprint density at radius 3 is 2.57 bits per heavy atom. The van der Waals surface area contributed by atoms with Crippen molar-refractivity contribution in [2.75, 3.05) is 26.7 Å². The molecule has 1 saturated heterocycles. The maximum absolute atomic E-state index is 12.8. The summed E-state index contributed by atoms with van der Waals surface area (Å²) >= 11 is 0. The molecule has 0 aliphatic carbocycles. The highest BCUT2D eigenvalue weighted by Gasteiger charge is 2.37. The molecule has 1 aromatic heterocycles. The smallest absolute Gasteiger partial charge is 0.330 e. The van der Waals surface area contributed by atoms with Gasteiger partial charge in [0.15, 0.2) is 0 Å². The Hall–Kier alpha value is -3.22. The normalized spacial score (nSPS) is 16.5. The number of benzene rings is 1. The Labute approximate surface area is 163 Å². The second-order valence-electron chi connectivity index (χ2n) is 6.60. The van der Waals surface area contributed by atoms with Crippen molar-refractivity contribution in [3.63, 3.8) is 0 Å². The first-order valence-electron chi connectivity index (χ1n) is 9.20. The van der Waals surface area contributed by atoms with Crippen LogP contribution < -0.4 is 0 Å². The number of hydrogen-bond donors (Lipinski definition) is 0. The number of methoxy groups -OCH3 is 1.